The van der Waals surface area contributed by atoms with Crippen LogP contribution in [0.3, 0.4) is 0 Å². The summed E-state index contributed by atoms with van der Waals surface area (Å²) in [6, 6.07) is 12.9. The van der Waals surface area contributed by atoms with E-state index in [2.05, 4.69) is 11.4 Å². The molecular formula is C23H29ClN2O2. The molecule has 150 valence electrons. The van der Waals surface area contributed by atoms with Gasteiger partial charge in [-0.3, -0.25) is 9.59 Å². The van der Waals surface area contributed by atoms with E-state index in [4.69, 9.17) is 11.6 Å². The zero-order chi connectivity index (χ0) is 20.7. The number of hydrogen-bond donors (Lipinski definition) is 1. The second-order valence-corrected chi connectivity index (χ2v) is 7.66. The molecule has 0 radical (unpaired) electrons. The normalized spacial score (nSPS) is 11.8. The van der Waals surface area contributed by atoms with E-state index in [-0.39, 0.29) is 18.2 Å². The van der Waals surface area contributed by atoms with Crippen LogP contribution in [0.15, 0.2) is 42.5 Å². The van der Waals surface area contributed by atoms with Crippen LogP contribution in [-0.2, 0) is 22.6 Å². The monoisotopic (exact) mass is 400 g/mol. The van der Waals surface area contributed by atoms with Crippen molar-refractivity contribution in [2.24, 2.45) is 0 Å². The molecule has 28 heavy (non-hydrogen) atoms. The molecule has 0 aliphatic heterocycles. The summed E-state index contributed by atoms with van der Waals surface area (Å²) in [6.45, 7) is 8.68. The van der Waals surface area contributed by atoms with Crippen molar-refractivity contribution in [3.05, 3.63) is 69.7 Å². The van der Waals surface area contributed by atoms with Crippen LogP contribution < -0.4 is 5.32 Å². The molecule has 1 atom stereocenters. The summed E-state index contributed by atoms with van der Waals surface area (Å²) in [4.78, 5) is 27.3. The van der Waals surface area contributed by atoms with Crippen molar-refractivity contribution in [3.63, 3.8) is 0 Å². The van der Waals surface area contributed by atoms with Crippen LogP contribution in [0.5, 0.6) is 0 Å². The highest BCUT2D eigenvalue weighted by molar-refractivity contribution is 6.31. The third-order valence-corrected chi connectivity index (χ3v) is 5.02. The Morgan fingerprint density at radius 1 is 1.11 bits per heavy atom. The van der Waals surface area contributed by atoms with Crippen LogP contribution in [0.25, 0.3) is 0 Å². The first kappa shape index (κ1) is 22.0. The maximum Gasteiger partial charge on any atom is 0.242 e. The molecular weight excluding hydrogens is 372 g/mol. The Bertz CT molecular complexity index is 815. The summed E-state index contributed by atoms with van der Waals surface area (Å²) < 4.78 is 0. The Morgan fingerprint density at radius 3 is 2.36 bits per heavy atom. The zero-order valence-electron chi connectivity index (χ0n) is 17.1. The van der Waals surface area contributed by atoms with Gasteiger partial charge < -0.3 is 10.2 Å². The lowest BCUT2D eigenvalue weighted by Crippen LogP contribution is -2.48. The Balaban J connectivity index is 2.26. The molecule has 0 saturated carbocycles. The van der Waals surface area contributed by atoms with E-state index in [1.165, 1.54) is 0 Å². The number of amides is 2. The van der Waals surface area contributed by atoms with Gasteiger partial charge in [-0.2, -0.15) is 0 Å². The molecule has 0 heterocycles. The van der Waals surface area contributed by atoms with Crippen LogP contribution >= 0.6 is 11.6 Å². The van der Waals surface area contributed by atoms with Gasteiger partial charge in [0.05, 0.1) is 6.42 Å². The first-order valence-corrected chi connectivity index (χ1v) is 10.1. The van der Waals surface area contributed by atoms with E-state index in [1.54, 1.807) is 17.9 Å². The molecule has 2 amide bonds. The first-order chi connectivity index (χ1) is 13.3. The summed E-state index contributed by atoms with van der Waals surface area (Å²) in [5.74, 6) is -0.244. The van der Waals surface area contributed by atoms with E-state index < -0.39 is 6.04 Å². The number of carbonyl (C=O) groups excluding carboxylic acids is 2. The summed E-state index contributed by atoms with van der Waals surface area (Å²) in [5.41, 5.74) is 4.02. The lowest BCUT2D eigenvalue weighted by molar-refractivity contribution is -0.140. The van der Waals surface area contributed by atoms with Gasteiger partial charge in [0.25, 0.3) is 0 Å². The van der Waals surface area contributed by atoms with Crippen molar-refractivity contribution in [1.82, 2.24) is 10.2 Å². The van der Waals surface area contributed by atoms with Crippen molar-refractivity contribution in [2.75, 3.05) is 6.54 Å². The third kappa shape index (κ3) is 6.10. The Morgan fingerprint density at radius 2 is 1.75 bits per heavy atom. The average Bonchev–Trinajstić information content (AvgIpc) is 2.64. The van der Waals surface area contributed by atoms with Gasteiger partial charge in [-0.05, 0) is 44.4 Å². The number of nitrogens with one attached hydrogen (secondary N) is 1. The van der Waals surface area contributed by atoms with Crippen molar-refractivity contribution in [1.29, 1.82) is 0 Å². The van der Waals surface area contributed by atoms with Gasteiger partial charge in [0, 0.05) is 18.1 Å². The molecule has 2 aromatic rings. The van der Waals surface area contributed by atoms with Gasteiger partial charge in [0.1, 0.15) is 6.04 Å². The summed E-state index contributed by atoms with van der Waals surface area (Å²) in [5, 5.41) is 3.47. The topological polar surface area (TPSA) is 49.4 Å². The average molecular weight is 401 g/mol. The second-order valence-electron chi connectivity index (χ2n) is 7.25. The van der Waals surface area contributed by atoms with Crippen LogP contribution in [0.2, 0.25) is 5.02 Å². The van der Waals surface area contributed by atoms with Gasteiger partial charge in [0.2, 0.25) is 11.8 Å². The molecule has 1 N–H and O–H groups in total. The SMILES string of the molecule is CCCNC(=O)[C@@H](C)N(Cc1ccccc1Cl)C(=O)Cc1cc(C)cc(C)c1. The number of nitrogens with zero attached hydrogens (tertiary/aromatic N) is 1. The molecule has 4 nitrogen and oxygen atoms in total. The van der Waals surface area contributed by atoms with Gasteiger partial charge in [0.15, 0.2) is 0 Å². The molecule has 5 heteroatoms. The molecule has 0 aliphatic rings. The van der Waals surface area contributed by atoms with Crippen molar-refractivity contribution < 1.29 is 9.59 Å². The minimum Gasteiger partial charge on any atom is -0.354 e. The van der Waals surface area contributed by atoms with Gasteiger partial charge in [-0.25, -0.2) is 0 Å². The maximum atomic E-state index is 13.2. The Kier molecular flexibility index (Phi) is 8.06. The smallest absolute Gasteiger partial charge is 0.242 e. The van der Waals surface area contributed by atoms with Crippen LogP contribution in [0.1, 0.15) is 42.5 Å². The fourth-order valence-corrected chi connectivity index (χ4v) is 3.43. The molecule has 2 rings (SSSR count). The molecule has 0 spiro atoms. The second kappa shape index (κ2) is 10.3. The summed E-state index contributed by atoms with van der Waals surface area (Å²) in [7, 11) is 0. The van der Waals surface area contributed by atoms with Crippen LogP contribution in [0.4, 0.5) is 0 Å². The molecule has 0 unspecified atom stereocenters. The highest BCUT2D eigenvalue weighted by Gasteiger charge is 2.26. The van der Waals surface area contributed by atoms with E-state index >= 15 is 0 Å². The third-order valence-electron chi connectivity index (χ3n) is 4.65. The highest BCUT2D eigenvalue weighted by Crippen LogP contribution is 2.20. The van der Waals surface area contributed by atoms with E-state index in [0.29, 0.717) is 18.1 Å². The lowest BCUT2D eigenvalue weighted by atomic mass is 10.0. The largest absolute Gasteiger partial charge is 0.354 e. The van der Waals surface area contributed by atoms with Crippen molar-refractivity contribution in [3.8, 4) is 0 Å². The summed E-state index contributed by atoms with van der Waals surface area (Å²) in [6.07, 6.45) is 1.10. The number of rotatable bonds is 8. The van der Waals surface area contributed by atoms with Gasteiger partial charge in [-0.15, -0.1) is 0 Å². The zero-order valence-corrected chi connectivity index (χ0v) is 17.8. The van der Waals surface area contributed by atoms with Crippen molar-refractivity contribution in [2.45, 2.75) is 53.1 Å². The number of aryl methyl sites for hydroxylation is 2. The number of benzene rings is 2. The highest BCUT2D eigenvalue weighted by atomic mass is 35.5. The first-order valence-electron chi connectivity index (χ1n) is 9.69. The standard InChI is InChI=1S/C23H29ClN2O2/c1-5-10-25-23(28)18(4)26(15-20-8-6-7-9-21(20)24)22(27)14-19-12-16(2)11-17(3)13-19/h6-9,11-13,18H,5,10,14-15H2,1-4H3,(H,25,28)/t18-/m1/s1. The molecule has 0 aliphatic carbocycles. The summed E-state index contributed by atoms with van der Waals surface area (Å²) >= 11 is 6.30. The van der Waals surface area contributed by atoms with Crippen LogP contribution in [0, 0.1) is 13.8 Å². The quantitative estimate of drug-likeness (QED) is 0.711. The van der Waals surface area contributed by atoms with Crippen LogP contribution in [-0.4, -0.2) is 29.3 Å². The van der Waals surface area contributed by atoms with E-state index in [0.717, 1.165) is 28.7 Å². The Labute approximate surface area is 172 Å². The predicted molar refractivity (Wildman–Crippen MR) is 114 cm³/mol. The van der Waals surface area contributed by atoms with E-state index in [1.807, 2.05) is 51.1 Å². The lowest BCUT2D eigenvalue weighted by Gasteiger charge is -2.29. The Hall–Kier alpha value is -2.33. The molecule has 2 aromatic carbocycles. The molecule has 0 bridgehead atoms. The van der Waals surface area contributed by atoms with E-state index in [9.17, 15) is 9.59 Å². The number of halogens is 1. The van der Waals surface area contributed by atoms with Crippen molar-refractivity contribution >= 4 is 23.4 Å². The van der Waals surface area contributed by atoms with Gasteiger partial charge >= 0.3 is 0 Å². The minimum absolute atomic E-state index is 0.0935. The number of carbonyl (C=O) groups is 2. The number of hydrogen-bond acceptors (Lipinski definition) is 2. The maximum absolute atomic E-state index is 13.2. The fraction of sp³-hybridized carbons (Fsp3) is 0.391. The minimum atomic E-state index is -0.582. The molecule has 0 saturated heterocycles. The predicted octanol–water partition coefficient (Wildman–Crippen LogP) is 4.44. The molecule has 0 fully saturated rings. The van der Waals surface area contributed by atoms with Gasteiger partial charge in [-0.1, -0.05) is 66.0 Å². The fourth-order valence-electron chi connectivity index (χ4n) is 3.24. The molecule has 0 aromatic heterocycles.